The summed E-state index contributed by atoms with van der Waals surface area (Å²) < 4.78 is 29.4. The quantitative estimate of drug-likeness (QED) is 0.235. The third-order valence-electron chi connectivity index (χ3n) is 6.87. The Hall–Kier alpha value is -4.02. The summed E-state index contributed by atoms with van der Waals surface area (Å²) >= 11 is 5.88. The molecule has 1 fully saturated rings. The van der Waals surface area contributed by atoms with E-state index in [4.69, 9.17) is 11.6 Å². The van der Waals surface area contributed by atoms with Gasteiger partial charge >= 0.3 is 6.03 Å². The van der Waals surface area contributed by atoms with E-state index in [1.165, 1.54) is 25.0 Å². The van der Waals surface area contributed by atoms with E-state index in [1.54, 1.807) is 42.9 Å². The van der Waals surface area contributed by atoms with Crippen molar-refractivity contribution >= 4 is 45.8 Å². The smallest absolute Gasteiger partial charge is 0.323 e. The highest BCUT2D eigenvalue weighted by atomic mass is 35.5. The summed E-state index contributed by atoms with van der Waals surface area (Å²) in [5, 5.41) is 8.97. The normalized spacial score (nSPS) is 13.9. The standard InChI is InChI=1S/C29H29ClF2N6O2/c1-29(31,32)24-16-20(6-9-25(24)30)36-28(40)35-19-4-7-21(8-5-19)38-18-23(22-10-11-33-17-26(22)38)27(39)34-12-15-37-13-2-3-14-37/h4-11,16-18H,2-3,12-15H2,1H3,(H,34,39)(H2,35,36,40). The second-order valence-electron chi connectivity index (χ2n) is 9.82. The zero-order valence-electron chi connectivity index (χ0n) is 21.9. The Morgan fingerprint density at radius 2 is 1.73 bits per heavy atom. The Labute approximate surface area is 235 Å². The molecule has 0 aliphatic carbocycles. The Kier molecular flexibility index (Phi) is 7.99. The van der Waals surface area contributed by atoms with Crippen LogP contribution in [0.4, 0.5) is 25.0 Å². The van der Waals surface area contributed by atoms with E-state index in [9.17, 15) is 18.4 Å². The second kappa shape index (κ2) is 11.6. The van der Waals surface area contributed by atoms with Crippen LogP contribution in [0, 0.1) is 0 Å². The van der Waals surface area contributed by atoms with Crippen LogP contribution in [-0.2, 0) is 5.92 Å². The number of aromatic nitrogens is 2. The van der Waals surface area contributed by atoms with E-state index in [-0.39, 0.29) is 22.2 Å². The van der Waals surface area contributed by atoms with E-state index in [1.807, 2.05) is 10.6 Å². The van der Waals surface area contributed by atoms with Gasteiger partial charge < -0.3 is 25.4 Å². The first-order chi connectivity index (χ1) is 19.2. The molecule has 5 rings (SSSR count). The molecule has 208 valence electrons. The highest BCUT2D eigenvalue weighted by molar-refractivity contribution is 6.31. The molecule has 3 amide bonds. The minimum absolute atomic E-state index is 0.0792. The molecule has 0 atom stereocenters. The fraction of sp³-hybridized carbons (Fsp3) is 0.276. The molecule has 2 aromatic heterocycles. The molecule has 40 heavy (non-hydrogen) atoms. The molecule has 1 saturated heterocycles. The van der Waals surface area contributed by atoms with Crippen LogP contribution in [0.2, 0.25) is 5.02 Å². The lowest BCUT2D eigenvalue weighted by Crippen LogP contribution is -2.33. The first-order valence-corrected chi connectivity index (χ1v) is 13.4. The molecule has 11 heteroatoms. The molecule has 3 heterocycles. The van der Waals surface area contributed by atoms with Crippen LogP contribution >= 0.6 is 11.6 Å². The van der Waals surface area contributed by atoms with Gasteiger partial charge in [0.2, 0.25) is 0 Å². The summed E-state index contributed by atoms with van der Waals surface area (Å²) in [7, 11) is 0. The van der Waals surface area contributed by atoms with Crippen LogP contribution in [0.3, 0.4) is 0 Å². The topological polar surface area (TPSA) is 91.3 Å². The van der Waals surface area contributed by atoms with Gasteiger partial charge in [-0.15, -0.1) is 0 Å². The highest BCUT2D eigenvalue weighted by Crippen LogP contribution is 2.34. The maximum absolute atomic E-state index is 13.8. The summed E-state index contributed by atoms with van der Waals surface area (Å²) in [5.74, 6) is -3.29. The molecule has 0 spiro atoms. The Bertz CT molecular complexity index is 1530. The number of nitrogens with one attached hydrogen (secondary N) is 3. The van der Waals surface area contributed by atoms with Gasteiger partial charge in [-0.25, -0.2) is 13.6 Å². The lowest BCUT2D eigenvalue weighted by molar-refractivity contribution is 0.0176. The fourth-order valence-corrected chi connectivity index (χ4v) is 5.12. The summed E-state index contributed by atoms with van der Waals surface area (Å²) in [5.41, 5.74) is 2.41. The first kappa shape index (κ1) is 27.5. The van der Waals surface area contributed by atoms with Gasteiger partial charge in [0.15, 0.2) is 0 Å². The van der Waals surface area contributed by atoms with Crippen molar-refractivity contribution in [2.24, 2.45) is 0 Å². The molecular weight excluding hydrogens is 538 g/mol. The van der Waals surface area contributed by atoms with Gasteiger partial charge in [-0.3, -0.25) is 9.78 Å². The second-order valence-corrected chi connectivity index (χ2v) is 10.2. The maximum Gasteiger partial charge on any atom is 0.323 e. The third-order valence-corrected chi connectivity index (χ3v) is 7.19. The van der Waals surface area contributed by atoms with Crippen molar-refractivity contribution in [2.75, 3.05) is 36.8 Å². The van der Waals surface area contributed by atoms with Gasteiger partial charge in [-0.1, -0.05) is 11.6 Å². The van der Waals surface area contributed by atoms with E-state index >= 15 is 0 Å². The van der Waals surface area contributed by atoms with E-state index < -0.39 is 12.0 Å². The van der Waals surface area contributed by atoms with Gasteiger partial charge in [0.1, 0.15) is 0 Å². The fourth-order valence-electron chi connectivity index (χ4n) is 4.84. The van der Waals surface area contributed by atoms with Crippen LogP contribution in [0.1, 0.15) is 35.7 Å². The van der Waals surface area contributed by atoms with E-state index in [0.29, 0.717) is 17.8 Å². The molecule has 3 N–H and O–H groups in total. The van der Waals surface area contributed by atoms with Gasteiger partial charge in [-0.05, 0) is 74.5 Å². The minimum atomic E-state index is -3.15. The van der Waals surface area contributed by atoms with Crippen molar-refractivity contribution in [3.63, 3.8) is 0 Å². The van der Waals surface area contributed by atoms with Gasteiger partial charge in [0.25, 0.3) is 11.8 Å². The lowest BCUT2D eigenvalue weighted by atomic mass is 10.1. The minimum Gasteiger partial charge on any atom is -0.351 e. The molecule has 8 nitrogen and oxygen atoms in total. The number of anilines is 2. The van der Waals surface area contributed by atoms with Crippen LogP contribution < -0.4 is 16.0 Å². The average Bonchev–Trinajstić information content (AvgIpc) is 3.58. The van der Waals surface area contributed by atoms with Crippen LogP contribution in [-0.4, -0.2) is 52.6 Å². The maximum atomic E-state index is 13.8. The number of likely N-dealkylation sites (tertiary alicyclic amines) is 1. The molecule has 0 saturated carbocycles. The Morgan fingerprint density at radius 1 is 1.02 bits per heavy atom. The number of carbonyl (C=O) groups excluding carboxylic acids is 2. The van der Waals surface area contributed by atoms with Gasteiger partial charge in [0, 0.05) is 65.4 Å². The number of rotatable bonds is 8. The van der Waals surface area contributed by atoms with Crippen molar-refractivity contribution in [1.29, 1.82) is 0 Å². The molecular formula is C29H29ClF2N6O2. The summed E-state index contributed by atoms with van der Waals surface area (Å²) in [6, 6.07) is 12.2. The van der Waals surface area contributed by atoms with Gasteiger partial charge in [-0.2, -0.15) is 0 Å². The molecule has 1 aliphatic heterocycles. The zero-order valence-corrected chi connectivity index (χ0v) is 22.6. The van der Waals surface area contributed by atoms with E-state index in [0.717, 1.165) is 49.2 Å². The van der Waals surface area contributed by atoms with E-state index in [2.05, 4.69) is 25.8 Å². The largest absolute Gasteiger partial charge is 0.351 e. The van der Waals surface area contributed by atoms with Crippen LogP contribution in [0.15, 0.2) is 67.1 Å². The number of halogens is 3. The number of carbonyl (C=O) groups is 2. The van der Waals surface area contributed by atoms with Crippen molar-refractivity contribution in [3.05, 3.63) is 83.3 Å². The average molecular weight is 567 g/mol. The number of hydrogen-bond donors (Lipinski definition) is 3. The summed E-state index contributed by atoms with van der Waals surface area (Å²) in [6.07, 6.45) is 7.56. The van der Waals surface area contributed by atoms with Gasteiger partial charge in [0.05, 0.1) is 17.3 Å². The number of hydrogen-bond acceptors (Lipinski definition) is 4. The number of alkyl halides is 2. The zero-order chi connectivity index (χ0) is 28.3. The lowest BCUT2D eigenvalue weighted by Gasteiger charge is -2.15. The molecule has 4 aromatic rings. The molecule has 2 aromatic carbocycles. The predicted molar refractivity (Wildman–Crippen MR) is 153 cm³/mol. The number of urea groups is 1. The number of pyridine rings is 1. The Morgan fingerprint density at radius 3 is 2.45 bits per heavy atom. The SMILES string of the molecule is CC(F)(F)c1cc(NC(=O)Nc2ccc(-n3cc(C(=O)NCCN4CCCC4)c4ccncc43)cc2)ccc1Cl. The van der Waals surface area contributed by atoms with Crippen molar-refractivity contribution in [1.82, 2.24) is 19.8 Å². The number of nitrogens with zero attached hydrogens (tertiary/aromatic N) is 3. The molecule has 0 radical (unpaired) electrons. The van der Waals surface area contributed by atoms with Crippen molar-refractivity contribution < 1.29 is 18.4 Å². The first-order valence-electron chi connectivity index (χ1n) is 13.0. The van der Waals surface area contributed by atoms with Crippen molar-refractivity contribution in [3.8, 4) is 5.69 Å². The highest BCUT2D eigenvalue weighted by Gasteiger charge is 2.27. The number of benzene rings is 2. The van der Waals surface area contributed by atoms with Crippen LogP contribution in [0.25, 0.3) is 16.6 Å². The number of amides is 3. The molecule has 1 aliphatic rings. The number of fused-ring (bicyclic) bond motifs is 1. The Balaban J connectivity index is 1.27. The predicted octanol–water partition coefficient (Wildman–Crippen LogP) is 6.26. The van der Waals surface area contributed by atoms with Crippen LogP contribution in [0.5, 0.6) is 0 Å². The monoisotopic (exact) mass is 566 g/mol. The summed E-state index contributed by atoms with van der Waals surface area (Å²) in [4.78, 5) is 32.1. The molecule has 0 unspecified atom stereocenters. The third kappa shape index (κ3) is 6.24. The molecule has 0 bridgehead atoms. The summed E-state index contributed by atoms with van der Waals surface area (Å²) in [6.45, 7) is 4.31. The van der Waals surface area contributed by atoms with Crippen molar-refractivity contribution in [2.45, 2.75) is 25.7 Å².